The molecule has 2 aliphatic rings. The van der Waals surface area contributed by atoms with Gasteiger partial charge in [0.1, 0.15) is 18.0 Å². The maximum Gasteiger partial charge on any atom is 0.231 e. The van der Waals surface area contributed by atoms with Gasteiger partial charge in [-0.2, -0.15) is 0 Å². The average molecular weight is 484 g/mol. The second kappa shape index (κ2) is 11.8. The highest BCUT2D eigenvalue weighted by Crippen LogP contribution is 2.37. The molecule has 9 heteroatoms. The molecule has 2 atom stereocenters. The molecule has 0 radical (unpaired) electrons. The molecule has 1 aliphatic carbocycles. The van der Waals surface area contributed by atoms with Crippen LogP contribution >= 0.6 is 24.8 Å². The summed E-state index contributed by atoms with van der Waals surface area (Å²) in [7, 11) is 0. The van der Waals surface area contributed by atoms with Crippen LogP contribution in [0.15, 0.2) is 30.6 Å². The van der Waals surface area contributed by atoms with Crippen LogP contribution in [0.3, 0.4) is 0 Å². The number of aromatic nitrogens is 2. The normalized spacial score (nSPS) is 18.4. The second-order valence-electron chi connectivity index (χ2n) is 8.22. The zero-order valence-corrected chi connectivity index (χ0v) is 20.2. The van der Waals surface area contributed by atoms with Gasteiger partial charge < -0.3 is 15.1 Å². The van der Waals surface area contributed by atoms with E-state index in [-0.39, 0.29) is 42.5 Å². The van der Waals surface area contributed by atoms with Crippen molar-refractivity contribution in [3.8, 4) is 0 Å². The van der Waals surface area contributed by atoms with Crippen molar-refractivity contribution < 1.29 is 9.18 Å². The summed E-state index contributed by atoms with van der Waals surface area (Å²) in [5.41, 5.74) is 3.31. The summed E-state index contributed by atoms with van der Waals surface area (Å²) in [5, 5.41) is 3.28. The Morgan fingerprint density at radius 2 is 1.84 bits per heavy atom. The molecule has 1 N–H and O–H groups in total. The van der Waals surface area contributed by atoms with Crippen LogP contribution in [0.2, 0.25) is 0 Å². The Kier molecular flexibility index (Phi) is 9.67. The molecule has 1 amide bonds. The van der Waals surface area contributed by atoms with Crippen LogP contribution in [-0.4, -0.2) is 60.0 Å². The van der Waals surface area contributed by atoms with Crippen molar-refractivity contribution in [1.29, 1.82) is 0 Å². The molecule has 1 aromatic carbocycles. The van der Waals surface area contributed by atoms with E-state index in [1.807, 2.05) is 11.8 Å². The van der Waals surface area contributed by atoms with Crippen LogP contribution in [0.5, 0.6) is 0 Å². The summed E-state index contributed by atoms with van der Waals surface area (Å²) in [5.74, 6) is 1.04. The fourth-order valence-corrected chi connectivity index (χ4v) is 4.57. The number of carbonyl (C=O) groups excluding carboxylic acids is 1. The van der Waals surface area contributed by atoms with Gasteiger partial charge in [0.05, 0.1) is 5.92 Å². The zero-order chi connectivity index (χ0) is 21.1. The van der Waals surface area contributed by atoms with E-state index in [2.05, 4.69) is 27.1 Å². The molecule has 2 aromatic rings. The monoisotopic (exact) mass is 483 g/mol. The van der Waals surface area contributed by atoms with Gasteiger partial charge in [-0.05, 0) is 43.0 Å². The number of carbonyl (C=O) groups is 1. The molecular weight excluding hydrogens is 452 g/mol. The molecule has 6 nitrogen and oxygen atoms in total. The molecule has 0 bridgehead atoms. The fraction of sp³-hybridized carbons (Fsp3) is 0.522. The standard InChI is InChI=1S/C23H30FN5O.2ClH/c1-3-25-14-19(17-5-7-18(24)8-6-17)23(30)29-12-10-28(11-13-29)22-21-16(2)4-9-20(21)26-15-27-22;;/h5-8,15-16,19,25H,3-4,9-14H2,1-2H3;2*1H/t16-,19+;;/m1../s1. The molecule has 0 saturated carbocycles. The summed E-state index contributed by atoms with van der Waals surface area (Å²) in [4.78, 5) is 26.6. The topological polar surface area (TPSA) is 61.4 Å². The number of halogens is 3. The van der Waals surface area contributed by atoms with Crippen LogP contribution in [0.1, 0.15) is 48.9 Å². The minimum absolute atomic E-state index is 0. The van der Waals surface area contributed by atoms with Crippen LogP contribution in [0, 0.1) is 5.82 Å². The third kappa shape index (κ3) is 5.50. The first kappa shape index (κ1) is 26.3. The molecule has 1 aliphatic heterocycles. The summed E-state index contributed by atoms with van der Waals surface area (Å²) < 4.78 is 13.4. The molecule has 4 rings (SSSR count). The van der Waals surface area contributed by atoms with Gasteiger partial charge in [-0.1, -0.05) is 26.0 Å². The van der Waals surface area contributed by atoms with Gasteiger partial charge in [0.15, 0.2) is 0 Å². The Morgan fingerprint density at radius 3 is 2.50 bits per heavy atom. The van der Waals surface area contributed by atoms with Gasteiger partial charge in [-0.25, -0.2) is 14.4 Å². The Bertz CT molecular complexity index is 890. The summed E-state index contributed by atoms with van der Waals surface area (Å²) in [6.45, 7) is 8.45. The first-order chi connectivity index (χ1) is 14.6. The number of piperazine rings is 1. The van der Waals surface area contributed by atoms with E-state index in [4.69, 9.17) is 0 Å². The first-order valence-electron chi connectivity index (χ1n) is 10.9. The van der Waals surface area contributed by atoms with Gasteiger partial charge in [-0.3, -0.25) is 4.79 Å². The smallest absolute Gasteiger partial charge is 0.231 e. The molecule has 1 saturated heterocycles. The van der Waals surface area contributed by atoms with E-state index in [0.717, 1.165) is 43.9 Å². The number of rotatable bonds is 6. The third-order valence-electron chi connectivity index (χ3n) is 6.31. The molecule has 1 aromatic heterocycles. The number of aryl methyl sites for hydroxylation is 1. The Labute approximate surface area is 201 Å². The number of amides is 1. The Morgan fingerprint density at radius 1 is 1.16 bits per heavy atom. The lowest BCUT2D eigenvalue weighted by Gasteiger charge is -2.38. The van der Waals surface area contributed by atoms with Crippen LogP contribution < -0.4 is 10.2 Å². The zero-order valence-electron chi connectivity index (χ0n) is 18.6. The lowest BCUT2D eigenvalue weighted by Crippen LogP contribution is -2.51. The lowest BCUT2D eigenvalue weighted by molar-refractivity contribution is -0.133. The second-order valence-corrected chi connectivity index (χ2v) is 8.22. The number of nitrogens with one attached hydrogen (secondary N) is 1. The lowest BCUT2D eigenvalue weighted by atomic mass is 9.96. The number of benzene rings is 1. The highest BCUT2D eigenvalue weighted by atomic mass is 35.5. The first-order valence-corrected chi connectivity index (χ1v) is 10.9. The molecule has 176 valence electrons. The number of hydrogen-bond donors (Lipinski definition) is 1. The predicted molar refractivity (Wildman–Crippen MR) is 130 cm³/mol. The molecule has 32 heavy (non-hydrogen) atoms. The number of anilines is 1. The SMILES string of the molecule is CCNC[C@H](C(=O)N1CCN(c2ncnc3c2[C@H](C)CC3)CC1)c1ccc(F)cc1.Cl.Cl. The van der Waals surface area contributed by atoms with Gasteiger partial charge in [0, 0.05) is 44.0 Å². The number of fused-ring (bicyclic) bond motifs is 1. The van der Waals surface area contributed by atoms with E-state index >= 15 is 0 Å². The summed E-state index contributed by atoms with van der Waals surface area (Å²) in [6, 6.07) is 6.29. The van der Waals surface area contributed by atoms with E-state index in [9.17, 15) is 9.18 Å². The molecule has 0 unspecified atom stereocenters. The van der Waals surface area contributed by atoms with Gasteiger partial charge in [-0.15, -0.1) is 24.8 Å². The molecule has 0 spiro atoms. The van der Waals surface area contributed by atoms with Crippen molar-refractivity contribution in [3.05, 3.63) is 53.2 Å². The third-order valence-corrected chi connectivity index (χ3v) is 6.31. The number of nitrogens with zero attached hydrogens (tertiary/aromatic N) is 4. The summed E-state index contributed by atoms with van der Waals surface area (Å²) >= 11 is 0. The highest BCUT2D eigenvalue weighted by molar-refractivity contribution is 5.86. The van der Waals surface area contributed by atoms with E-state index in [1.54, 1.807) is 18.5 Å². The maximum atomic E-state index is 13.4. The predicted octanol–water partition coefficient (Wildman–Crippen LogP) is 3.55. The summed E-state index contributed by atoms with van der Waals surface area (Å²) in [6.07, 6.45) is 3.82. The maximum absolute atomic E-state index is 13.4. The van der Waals surface area contributed by atoms with Crippen molar-refractivity contribution in [2.45, 2.75) is 38.5 Å². The number of hydrogen-bond acceptors (Lipinski definition) is 5. The molecular formula is C23H32Cl2FN5O. The number of likely N-dealkylation sites (N-methyl/N-ethyl adjacent to an activating group) is 1. The van der Waals surface area contributed by atoms with E-state index < -0.39 is 0 Å². The Hall–Kier alpha value is -1.96. The van der Waals surface area contributed by atoms with Crippen molar-refractivity contribution in [1.82, 2.24) is 20.2 Å². The molecule has 2 heterocycles. The van der Waals surface area contributed by atoms with Crippen LogP contribution in [-0.2, 0) is 11.2 Å². The van der Waals surface area contributed by atoms with Gasteiger partial charge in [0.25, 0.3) is 0 Å². The van der Waals surface area contributed by atoms with Crippen molar-refractivity contribution in [3.63, 3.8) is 0 Å². The van der Waals surface area contributed by atoms with Gasteiger partial charge >= 0.3 is 0 Å². The quantitative estimate of drug-likeness (QED) is 0.680. The highest BCUT2D eigenvalue weighted by Gasteiger charge is 2.31. The van der Waals surface area contributed by atoms with Crippen molar-refractivity contribution in [2.24, 2.45) is 0 Å². The molecule has 1 fully saturated rings. The van der Waals surface area contributed by atoms with E-state index in [0.29, 0.717) is 25.6 Å². The Balaban J connectivity index is 0.00000181. The van der Waals surface area contributed by atoms with Crippen molar-refractivity contribution in [2.75, 3.05) is 44.2 Å². The van der Waals surface area contributed by atoms with E-state index in [1.165, 1.54) is 23.4 Å². The van der Waals surface area contributed by atoms with Crippen LogP contribution in [0.4, 0.5) is 10.2 Å². The van der Waals surface area contributed by atoms with Crippen molar-refractivity contribution >= 4 is 36.5 Å². The van der Waals surface area contributed by atoms with Crippen LogP contribution in [0.25, 0.3) is 0 Å². The average Bonchev–Trinajstić information content (AvgIpc) is 3.16. The minimum Gasteiger partial charge on any atom is -0.353 e. The fourth-order valence-electron chi connectivity index (χ4n) is 4.57. The minimum atomic E-state index is -0.305. The largest absolute Gasteiger partial charge is 0.353 e. The van der Waals surface area contributed by atoms with Gasteiger partial charge in [0.2, 0.25) is 5.91 Å².